The largest absolute Gasteiger partial charge is 0.272 e. The summed E-state index contributed by atoms with van der Waals surface area (Å²) in [6.45, 7) is 20.7. The SMILES string of the molecule is C=C(C)C(=O)N=C(C)c1cc(C(C)=NC(=O)C(=C)C)cc(C(C)=NC(=O)C(=C)C)c1. The average Bonchev–Trinajstić information content (AvgIpc) is 2.66. The molecule has 0 atom stereocenters. The molecule has 0 heterocycles. The summed E-state index contributed by atoms with van der Waals surface area (Å²) in [5.74, 6) is -1.28. The molecule has 156 valence electrons. The predicted molar refractivity (Wildman–Crippen MR) is 123 cm³/mol. The molecule has 0 aliphatic heterocycles. The van der Waals surface area contributed by atoms with Crippen molar-refractivity contribution in [2.24, 2.45) is 15.0 Å². The second-order valence-corrected chi connectivity index (χ2v) is 7.15. The number of benzene rings is 1. The highest BCUT2D eigenvalue weighted by Crippen LogP contribution is 2.16. The molecule has 6 nitrogen and oxygen atoms in total. The summed E-state index contributed by atoms with van der Waals surface area (Å²) < 4.78 is 0. The Balaban J connectivity index is 3.67. The van der Waals surface area contributed by atoms with Crippen LogP contribution in [0.1, 0.15) is 58.2 Å². The summed E-state index contributed by atoms with van der Waals surface area (Å²) in [7, 11) is 0. The number of hydrogen-bond acceptors (Lipinski definition) is 3. The molecule has 1 aromatic rings. The molecule has 0 unspecified atom stereocenters. The van der Waals surface area contributed by atoms with Gasteiger partial charge < -0.3 is 0 Å². The average molecular weight is 405 g/mol. The number of amides is 3. The third kappa shape index (κ3) is 6.81. The molecule has 1 aromatic carbocycles. The van der Waals surface area contributed by atoms with Crippen LogP contribution in [0, 0.1) is 0 Å². The lowest BCUT2D eigenvalue weighted by atomic mass is 9.98. The molecular formula is C24H27N3O3. The van der Waals surface area contributed by atoms with Gasteiger partial charge in [0, 0.05) is 33.9 Å². The number of hydrogen-bond donors (Lipinski definition) is 0. The molecule has 0 radical (unpaired) electrons. The molecule has 0 fully saturated rings. The van der Waals surface area contributed by atoms with Gasteiger partial charge in [-0.15, -0.1) is 0 Å². The van der Waals surface area contributed by atoms with Crippen molar-refractivity contribution >= 4 is 34.9 Å². The molecule has 0 saturated carbocycles. The summed E-state index contributed by atoms with van der Waals surface area (Å²) in [5, 5.41) is 0. The van der Waals surface area contributed by atoms with Gasteiger partial charge in [-0.3, -0.25) is 14.4 Å². The molecule has 0 spiro atoms. The molecular weight excluding hydrogens is 378 g/mol. The highest BCUT2D eigenvalue weighted by Gasteiger charge is 2.12. The van der Waals surface area contributed by atoms with E-state index in [1.165, 1.54) is 0 Å². The second kappa shape index (κ2) is 10.3. The zero-order chi connectivity index (χ0) is 23.2. The molecule has 0 aliphatic rings. The van der Waals surface area contributed by atoms with Gasteiger partial charge in [0.15, 0.2) is 0 Å². The van der Waals surface area contributed by atoms with E-state index in [0.717, 1.165) is 0 Å². The van der Waals surface area contributed by atoms with Crippen LogP contribution < -0.4 is 0 Å². The lowest BCUT2D eigenvalue weighted by molar-refractivity contribution is -0.115. The predicted octanol–water partition coefficient (Wildman–Crippen LogP) is 4.42. The first-order valence-electron chi connectivity index (χ1n) is 9.25. The van der Waals surface area contributed by atoms with Crippen molar-refractivity contribution in [2.45, 2.75) is 41.5 Å². The Morgan fingerprint density at radius 3 is 0.900 bits per heavy atom. The third-order valence-corrected chi connectivity index (χ3v) is 4.09. The topological polar surface area (TPSA) is 88.3 Å². The van der Waals surface area contributed by atoms with Crippen molar-refractivity contribution in [3.63, 3.8) is 0 Å². The van der Waals surface area contributed by atoms with E-state index in [1.807, 2.05) is 0 Å². The van der Waals surface area contributed by atoms with Crippen molar-refractivity contribution < 1.29 is 14.4 Å². The summed E-state index contributed by atoms with van der Waals surface area (Å²) in [5.41, 5.74) is 4.24. The van der Waals surface area contributed by atoms with E-state index in [-0.39, 0.29) is 0 Å². The Morgan fingerprint density at radius 1 is 0.533 bits per heavy atom. The van der Waals surface area contributed by atoms with E-state index in [2.05, 4.69) is 34.7 Å². The van der Waals surface area contributed by atoms with Gasteiger partial charge in [-0.05, 0) is 76.4 Å². The first kappa shape index (κ1) is 24.5. The van der Waals surface area contributed by atoms with Crippen LogP contribution in [0.25, 0.3) is 0 Å². The van der Waals surface area contributed by atoms with Crippen LogP contribution in [-0.4, -0.2) is 34.9 Å². The Bertz CT molecular complexity index is 908. The van der Waals surface area contributed by atoms with Gasteiger partial charge in [-0.25, -0.2) is 15.0 Å². The minimum absolute atomic E-state index is 0.320. The van der Waals surface area contributed by atoms with Crippen molar-refractivity contribution in [3.8, 4) is 0 Å². The molecule has 30 heavy (non-hydrogen) atoms. The number of nitrogens with zero attached hydrogens (tertiary/aromatic N) is 3. The van der Waals surface area contributed by atoms with E-state index in [0.29, 0.717) is 50.5 Å². The summed E-state index contributed by atoms with van der Waals surface area (Å²) in [4.78, 5) is 48.1. The van der Waals surface area contributed by atoms with Crippen molar-refractivity contribution in [1.29, 1.82) is 0 Å². The van der Waals surface area contributed by atoms with Gasteiger partial charge in [0.1, 0.15) is 0 Å². The van der Waals surface area contributed by atoms with Crippen molar-refractivity contribution in [1.82, 2.24) is 0 Å². The fourth-order valence-electron chi connectivity index (χ4n) is 2.19. The van der Waals surface area contributed by atoms with Crippen LogP contribution in [0.3, 0.4) is 0 Å². The standard InChI is InChI=1S/C24H27N3O3/c1-13(2)22(28)25-16(7)19-10-20(17(8)26-23(29)14(3)4)12-21(11-19)18(9)27-24(30)15(5)6/h10-12H,1,3,5H2,2,4,6-9H3. The van der Waals surface area contributed by atoms with Gasteiger partial charge in [-0.1, -0.05) is 19.7 Å². The summed E-state index contributed by atoms with van der Waals surface area (Å²) in [6.07, 6.45) is 0. The minimum atomic E-state index is -0.426. The highest BCUT2D eigenvalue weighted by atomic mass is 16.2. The quantitative estimate of drug-likeness (QED) is 0.518. The number of rotatable bonds is 6. The van der Waals surface area contributed by atoms with Crippen LogP contribution >= 0.6 is 0 Å². The van der Waals surface area contributed by atoms with Gasteiger partial charge in [0.05, 0.1) is 0 Å². The Morgan fingerprint density at radius 2 is 0.733 bits per heavy atom. The summed E-state index contributed by atoms with van der Waals surface area (Å²) >= 11 is 0. The van der Waals surface area contributed by atoms with Crippen LogP contribution in [0.5, 0.6) is 0 Å². The molecule has 0 aromatic heterocycles. The Hall–Kier alpha value is -3.54. The lowest BCUT2D eigenvalue weighted by Gasteiger charge is -2.10. The first-order chi connectivity index (χ1) is 13.8. The molecule has 0 N–H and O–H groups in total. The van der Waals surface area contributed by atoms with E-state index in [4.69, 9.17) is 0 Å². The van der Waals surface area contributed by atoms with Gasteiger partial charge in [0.25, 0.3) is 17.7 Å². The van der Waals surface area contributed by atoms with Crippen molar-refractivity contribution in [3.05, 3.63) is 71.3 Å². The fourth-order valence-corrected chi connectivity index (χ4v) is 2.19. The monoisotopic (exact) mass is 405 g/mol. The smallest absolute Gasteiger partial charge is 0.267 e. The van der Waals surface area contributed by atoms with Crippen LogP contribution in [0.2, 0.25) is 0 Å². The normalized spacial score (nSPS) is 12.4. The maximum absolute atomic E-state index is 12.0. The molecule has 1 rings (SSSR count). The third-order valence-electron chi connectivity index (χ3n) is 4.09. The maximum Gasteiger partial charge on any atom is 0.272 e. The Kier molecular flexibility index (Phi) is 8.41. The van der Waals surface area contributed by atoms with E-state index in [1.54, 1.807) is 59.7 Å². The Labute approximate surface area is 177 Å². The number of aliphatic imine (C=N–C) groups is 3. The zero-order valence-electron chi connectivity index (χ0n) is 18.4. The minimum Gasteiger partial charge on any atom is -0.267 e. The van der Waals surface area contributed by atoms with Gasteiger partial charge >= 0.3 is 0 Å². The molecule has 3 amide bonds. The first-order valence-corrected chi connectivity index (χ1v) is 9.25. The van der Waals surface area contributed by atoms with Gasteiger partial charge in [-0.2, -0.15) is 0 Å². The summed E-state index contributed by atoms with van der Waals surface area (Å²) in [6, 6.07) is 5.31. The molecule has 0 saturated heterocycles. The van der Waals surface area contributed by atoms with E-state index in [9.17, 15) is 14.4 Å². The number of carbonyl (C=O) groups excluding carboxylic acids is 3. The highest BCUT2D eigenvalue weighted by molar-refractivity contribution is 6.15. The van der Waals surface area contributed by atoms with Crippen molar-refractivity contribution in [2.75, 3.05) is 0 Å². The lowest BCUT2D eigenvalue weighted by Crippen LogP contribution is -2.09. The van der Waals surface area contributed by atoms with E-state index >= 15 is 0 Å². The maximum atomic E-state index is 12.0. The second-order valence-electron chi connectivity index (χ2n) is 7.15. The number of carbonyl (C=O) groups is 3. The molecule has 6 heteroatoms. The van der Waals surface area contributed by atoms with E-state index < -0.39 is 17.7 Å². The fraction of sp³-hybridized carbons (Fsp3) is 0.250. The van der Waals surface area contributed by atoms with Crippen LogP contribution in [0.15, 0.2) is 69.6 Å². The molecule has 0 bridgehead atoms. The molecule has 0 aliphatic carbocycles. The zero-order valence-corrected chi connectivity index (χ0v) is 18.4. The van der Waals surface area contributed by atoms with Gasteiger partial charge in [0.2, 0.25) is 0 Å². The van der Waals surface area contributed by atoms with Crippen LogP contribution in [-0.2, 0) is 14.4 Å². The van der Waals surface area contributed by atoms with Crippen LogP contribution in [0.4, 0.5) is 0 Å².